The maximum Gasteiger partial charge on any atom is 0.213 e. The van der Waals surface area contributed by atoms with Crippen molar-refractivity contribution in [1.82, 2.24) is 4.90 Å². The predicted molar refractivity (Wildman–Crippen MR) is 41.7 cm³/mol. The van der Waals surface area contributed by atoms with Crippen LogP contribution in [0.15, 0.2) is 17.4 Å². The molecule has 0 rings (SSSR count). The van der Waals surface area contributed by atoms with E-state index in [1.807, 2.05) is 13.8 Å². The maximum absolute atomic E-state index is 10.3. The minimum absolute atomic E-state index is 0.176. The average molecular weight is 140 g/mol. The van der Waals surface area contributed by atoms with Crippen LogP contribution in [0.25, 0.3) is 0 Å². The molecule has 0 aromatic rings. The molecule has 0 N–H and O–H groups in total. The number of aliphatic imine (C=N–C) groups is 1. The second-order valence-electron chi connectivity index (χ2n) is 2.13. The summed E-state index contributed by atoms with van der Waals surface area (Å²) in [5.41, 5.74) is 0. The summed E-state index contributed by atoms with van der Waals surface area (Å²) in [6.45, 7) is 7.08. The summed E-state index contributed by atoms with van der Waals surface area (Å²) in [7, 11) is 0. The Morgan fingerprint density at radius 3 is 2.50 bits per heavy atom. The van der Waals surface area contributed by atoms with Gasteiger partial charge in [-0.15, -0.1) is 0 Å². The van der Waals surface area contributed by atoms with Crippen LogP contribution in [-0.4, -0.2) is 24.1 Å². The molecule has 0 spiro atoms. The number of amides is 1. The highest BCUT2D eigenvalue weighted by Gasteiger charge is 1.99. The maximum atomic E-state index is 10.3. The van der Waals surface area contributed by atoms with Crippen LogP contribution in [0.1, 0.15) is 13.8 Å². The molecule has 0 atom stereocenters. The predicted octanol–water partition coefficient (Wildman–Crippen LogP) is 1.02. The third-order valence-corrected chi connectivity index (χ3v) is 1.06. The Morgan fingerprint density at radius 2 is 2.20 bits per heavy atom. The first kappa shape index (κ1) is 8.88. The van der Waals surface area contributed by atoms with E-state index in [1.54, 1.807) is 6.20 Å². The SMILES string of the molecule is C=N/C=C\N(C=O)C(C)C. The van der Waals surface area contributed by atoms with Gasteiger partial charge in [-0.25, -0.2) is 0 Å². The normalized spacial score (nSPS) is 10.3. The summed E-state index contributed by atoms with van der Waals surface area (Å²) in [5.74, 6) is 0. The van der Waals surface area contributed by atoms with Gasteiger partial charge in [-0.2, -0.15) is 0 Å². The second-order valence-corrected chi connectivity index (χ2v) is 2.13. The summed E-state index contributed by atoms with van der Waals surface area (Å²) >= 11 is 0. The Balaban J connectivity index is 3.94. The summed E-state index contributed by atoms with van der Waals surface area (Å²) < 4.78 is 0. The molecule has 0 aromatic carbocycles. The Bertz CT molecular complexity index is 141. The molecule has 0 aromatic heterocycles. The molecule has 56 valence electrons. The molecule has 0 aliphatic heterocycles. The lowest BCUT2D eigenvalue weighted by atomic mass is 10.4. The fourth-order valence-electron chi connectivity index (χ4n) is 0.453. The number of hydrogen-bond acceptors (Lipinski definition) is 2. The average Bonchev–Trinajstić information content (AvgIpc) is 1.89. The van der Waals surface area contributed by atoms with Gasteiger partial charge in [0, 0.05) is 18.4 Å². The van der Waals surface area contributed by atoms with Gasteiger partial charge in [0.05, 0.1) is 0 Å². The van der Waals surface area contributed by atoms with Crippen molar-refractivity contribution in [3.63, 3.8) is 0 Å². The highest BCUT2D eigenvalue weighted by atomic mass is 16.1. The molecule has 0 saturated heterocycles. The van der Waals surface area contributed by atoms with Gasteiger partial charge in [0.25, 0.3) is 0 Å². The fraction of sp³-hybridized carbons (Fsp3) is 0.429. The largest absolute Gasteiger partial charge is 0.318 e. The van der Waals surface area contributed by atoms with Crippen LogP contribution in [0.5, 0.6) is 0 Å². The Morgan fingerprint density at radius 1 is 1.60 bits per heavy atom. The molecule has 3 heteroatoms. The van der Waals surface area contributed by atoms with Crippen LogP contribution in [0.3, 0.4) is 0 Å². The van der Waals surface area contributed by atoms with E-state index in [4.69, 9.17) is 0 Å². The van der Waals surface area contributed by atoms with Crippen molar-refractivity contribution in [2.75, 3.05) is 0 Å². The van der Waals surface area contributed by atoms with Crippen molar-refractivity contribution in [2.45, 2.75) is 19.9 Å². The van der Waals surface area contributed by atoms with Crippen molar-refractivity contribution >= 4 is 13.1 Å². The Hall–Kier alpha value is -1.12. The molecule has 0 aliphatic carbocycles. The highest BCUT2D eigenvalue weighted by molar-refractivity contribution is 5.49. The quantitative estimate of drug-likeness (QED) is 0.424. The molecule has 0 fully saturated rings. The van der Waals surface area contributed by atoms with Gasteiger partial charge >= 0.3 is 0 Å². The van der Waals surface area contributed by atoms with Crippen LogP contribution >= 0.6 is 0 Å². The van der Waals surface area contributed by atoms with Crippen LogP contribution in [0.4, 0.5) is 0 Å². The Labute approximate surface area is 61.1 Å². The molecule has 0 radical (unpaired) electrons. The van der Waals surface area contributed by atoms with E-state index in [9.17, 15) is 4.79 Å². The van der Waals surface area contributed by atoms with Crippen LogP contribution in [0.2, 0.25) is 0 Å². The molecule has 0 saturated carbocycles. The molecule has 0 heterocycles. The molecule has 10 heavy (non-hydrogen) atoms. The number of nitrogens with zero attached hydrogens (tertiary/aromatic N) is 2. The van der Waals surface area contributed by atoms with E-state index >= 15 is 0 Å². The molecule has 0 bridgehead atoms. The molecular formula is C7H12N2O. The topological polar surface area (TPSA) is 32.7 Å². The van der Waals surface area contributed by atoms with E-state index in [0.717, 1.165) is 6.41 Å². The summed E-state index contributed by atoms with van der Waals surface area (Å²) in [6, 6.07) is 0.176. The number of hydrogen-bond donors (Lipinski definition) is 0. The van der Waals surface area contributed by atoms with Gasteiger partial charge in [0.2, 0.25) is 6.41 Å². The lowest BCUT2D eigenvalue weighted by Crippen LogP contribution is -2.22. The minimum atomic E-state index is 0.176. The van der Waals surface area contributed by atoms with E-state index in [2.05, 4.69) is 11.7 Å². The molecule has 1 amide bonds. The van der Waals surface area contributed by atoms with Gasteiger partial charge in [-0.1, -0.05) is 0 Å². The monoisotopic (exact) mass is 140 g/mol. The second kappa shape index (κ2) is 4.73. The van der Waals surface area contributed by atoms with Crippen LogP contribution in [-0.2, 0) is 4.79 Å². The highest BCUT2D eigenvalue weighted by Crippen LogP contribution is 1.93. The van der Waals surface area contributed by atoms with Crippen molar-refractivity contribution in [3.05, 3.63) is 12.4 Å². The first-order valence-electron chi connectivity index (χ1n) is 3.07. The van der Waals surface area contributed by atoms with E-state index < -0.39 is 0 Å². The molecule has 0 aliphatic rings. The number of rotatable bonds is 4. The summed E-state index contributed by atoms with van der Waals surface area (Å²) in [4.78, 5) is 15.2. The summed E-state index contributed by atoms with van der Waals surface area (Å²) in [6.07, 6.45) is 3.82. The van der Waals surface area contributed by atoms with Crippen LogP contribution in [0, 0.1) is 0 Å². The number of carbonyl (C=O) groups excluding carboxylic acids is 1. The van der Waals surface area contributed by atoms with Gasteiger partial charge in [0.15, 0.2) is 0 Å². The third-order valence-electron chi connectivity index (χ3n) is 1.06. The molecular weight excluding hydrogens is 128 g/mol. The van der Waals surface area contributed by atoms with Crippen molar-refractivity contribution < 1.29 is 4.79 Å². The van der Waals surface area contributed by atoms with Crippen molar-refractivity contribution in [1.29, 1.82) is 0 Å². The smallest absolute Gasteiger partial charge is 0.213 e. The van der Waals surface area contributed by atoms with Gasteiger partial charge in [-0.3, -0.25) is 9.79 Å². The summed E-state index contributed by atoms with van der Waals surface area (Å²) in [5, 5.41) is 0. The lowest BCUT2D eigenvalue weighted by Gasteiger charge is -2.15. The van der Waals surface area contributed by atoms with Gasteiger partial charge in [-0.05, 0) is 20.6 Å². The van der Waals surface area contributed by atoms with Crippen LogP contribution < -0.4 is 0 Å². The standard InChI is InChI=1S/C7H12N2O/c1-7(2)9(6-10)5-4-8-3/h4-7H,3H2,1-2H3/b5-4-. The van der Waals surface area contributed by atoms with E-state index in [1.165, 1.54) is 11.1 Å². The first-order valence-corrected chi connectivity index (χ1v) is 3.07. The zero-order valence-electron chi connectivity index (χ0n) is 6.32. The minimum Gasteiger partial charge on any atom is -0.318 e. The zero-order chi connectivity index (χ0) is 7.98. The van der Waals surface area contributed by atoms with Gasteiger partial charge < -0.3 is 4.90 Å². The van der Waals surface area contributed by atoms with Gasteiger partial charge in [0.1, 0.15) is 0 Å². The van der Waals surface area contributed by atoms with Crippen molar-refractivity contribution in [3.8, 4) is 0 Å². The Kier molecular flexibility index (Phi) is 4.20. The number of carbonyl (C=O) groups is 1. The first-order chi connectivity index (χ1) is 4.72. The fourth-order valence-corrected chi connectivity index (χ4v) is 0.453. The van der Waals surface area contributed by atoms with E-state index in [-0.39, 0.29) is 6.04 Å². The zero-order valence-corrected chi connectivity index (χ0v) is 6.32. The van der Waals surface area contributed by atoms with E-state index in [0.29, 0.717) is 0 Å². The third kappa shape index (κ3) is 3.02. The van der Waals surface area contributed by atoms with Crippen molar-refractivity contribution in [2.24, 2.45) is 4.99 Å². The lowest BCUT2D eigenvalue weighted by molar-refractivity contribution is -0.117. The molecule has 3 nitrogen and oxygen atoms in total. The molecule has 0 unspecified atom stereocenters.